The molecule has 0 radical (unpaired) electrons. The molecule has 0 unspecified atom stereocenters. The molecule has 25 heavy (non-hydrogen) atoms. The molecular weight excluding hydrogens is 312 g/mol. The minimum absolute atomic E-state index is 0.658. The van der Waals surface area contributed by atoms with Gasteiger partial charge in [0.05, 0.1) is 0 Å². The van der Waals surface area contributed by atoms with Crippen molar-refractivity contribution in [2.45, 2.75) is 20.0 Å². The number of aliphatic imine (C=N–C) groups is 1. The number of rotatable bonds is 5. The molecule has 0 amide bonds. The zero-order valence-corrected chi connectivity index (χ0v) is 14.5. The van der Waals surface area contributed by atoms with E-state index < -0.39 is 0 Å². The normalized spacial score (nSPS) is 11.4. The van der Waals surface area contributed by atoms with Crippen LogP contribution in [0.3, 0.4) is 0 Å². The Hall–Kier alpha value is -3.15. The fourth-order valence-corrected chi connectivity index (χ4v) is 2.37. The van der Waals surface area contributed by atoms with Crippen LogP contribution in [0, 0.1) is 6.92 Å². The molecule has 0 atom stereocenters. The SMILES string of the molecule is CN=C(NCc1ccc(C)cc1)NCc1ccc(-n2ccnc2)nc1. The Balaban J connectivity index is 1.51. The van der Waals surface area contributed by atoms with Crippen LogP contribution in [-0.2, 0) is 13.1 Å². The molecule has 0 aliphatic rings. The van der Waals surface area contributed by atoms with Gasteiger partial charge < -0.3 is 10.6 Å². The molecule has 6 heteroatoms. The predicted octanol–water partition coefficient (Wildman–Crippen LogP) is 2.44. The van der Waals surface area contributed by atoms with Crippen molar-refractivity contribution in [3.63, 3.8) is 0 Å². The summed E-state index contributed by atoms with van der Waals surface area (Å²) in [5.41, 5.74) is 3.57. The summed E-state index contributed by atoms with van der Waals surface area (Å²) in [6, 6.07) is 12.5. The number of nitrogens with one attached hydrogen (secondary N) is 2. The summed E-state index contributed by atoms with van der Waals surface area (Å²) in [5, 5.41) is 6.62. The highest BCUT2D eigenvalue weighted by Gasteiger charge is 2.01. The van der Waals surface area contributed by atoms with E-state index in [4.69, 9.17) is 0 Å². The molecule has 0 bridgehead atoms. The van der Waals surface area contributed by atoms with Crippen molar-refractivity contribution in [2.24, 2.45) is 4.99 Å². The van der Waals surface area contributed by atoms with Crippen molar-refractivity contribution in [3.05, 3.63) is 78.0 Å². The molecule has 0 aliphatic carbocycles. The standard InChI is InChI=1S/C19H22N6/c1-15-3-5-16(6-4-15)11-23-19(20-2)24-13-17-7-8-18(22-12-17)25-10-9-21-14-25/h3-10,12,14H,11,13H2,1-2H3,(H2,20,23,24). The van der Waals surface area contributed by atoms with Crippen molar-refractivity contribution < 1.29 is 0 Å². The second-order valence-electron chi connectivity index (χ2n) is 5.76. The van der Waals surface area contributed by atoms with Gasteiger partial charge in [-0.25, -0.2) is 9.97 Å². The molecule has 3 rings (SSSR count). The van der Waals surface area contributed by atoms with Crippen LogP contribution in [0.25, 0.3) is 5.82 Å². The van der Waals surface area contributed by atoms with E-state index in [0.717, 1.165) is 23.9 Å². The summed E-state index contributed by atoms with van der Waals surface area (Å²) in [6.45, 7) is 3.48. The summed E-state index contributed by atoms with van der Waals surface area (Å²) in [4.78, 5) is 12.7. The van der Waals surface area contributed by atoms with Crippen LogP contribution < -0.4 is 10.6 Å². The van der Waals surface area contributed by atoms with E-state index in [9.17, 15) is 0 Å². The van der Waals surface area contributed by atoms with Crippen molar-refractivity contribution in [1.29, 1.82) is 0 Å². The highest BCUT2D eigenvalue weighted by atomic mass is 15.2. The largest absolute Gasteiger partial charge is 0.352 e. The number of hydrogen-bond acceptors (Lipinski definition) is 3. The number of nitrogens with zero attached hydrogens (tertiary/aromatic N) is 4. The quantitative estimate of drug-likeness (QED) is 0.555. The van der Waals surface area contributed by atoms with Crippen LogP contribution >= 0.6 is 0 Å². The van der Waals surface area contributed by atoms with Crippen molar-refractivity contribution in [1.82, 2.24) is 25.2 Å². The van der Waals surface area contributed by atoms with Gasteiger partial charge in [0.15, 0.2) is 5.96 Å². The van der Waals surface area contributed by atoms with Gasteiger partial charge in [-0.3, -0.25) is 9.56 Å². The Morgan fingerprint density at radius 3 is 2.36 bits per heavy atom. The van der Waals surface area contributed by atoms with E-state index in [0.29, 0.717) is 6.54 Å². The first-order valence-electron chi connectivity index (χ1n) is 8.18. The number of hydrogen-bond donors (Lipinski definition) is 2. The van der Waals surface area contributed by atoms with Crippen LogP contribution in [0.15, 0.2) is 66.3 Å². The van der Waals surface area contributed by atoms with Gasteiger partial charge in [-0.05, 0) is 24.1 Å². The van der Waals surface area contributed by atoms with Gasteiger partial charge in [0.1, 0.15) is 12.1 Å². The number of benzene rings is 1. The van der Waals surface area contributed by atoms with E-state index in [1.165, 1.54) is 11.1 Å². The van der Waals surface area contributed by atoms with Gasteiger partial charge >= 0.3 is 0 Å². The molecule has 3 aromatic rings. The number of guanidine groups is 1. The first kappa shape index (κ1) is 16.7. The van der Waals surface area contributed by atoms with Crippen molar-refractivity contribution in [3.8, 4) is 5.82 Å². The predicted molar refractivity (Wildman–Crippen MR) is 99.6 cm³/mol. The maximum absolute atomic E-state index is 4.45. The second kappa shape index (κ2) is 8.10. The van der Waals surface area contributed by atoms with Gasteiger partial charge in [0, 0.05) is 38.7 Å². The van der Waals surface area contributed by atoms with Crippen LogP contribution in [0.4, 0.5) is 0 Å². The highest BCUT2D eigenvalue weighted by molar-refractivity contribution is 5.79. The maximum Gasteiger partial charge on any atom is 0.191 e. The Morgan fingerprint density at radius 1 is 1.04 bits per heavy atom. The number of pyridine rings is 1. The van der Waals surface area contributed by atoms with Crippen LogP contribution in [0.5, 0.6) is 0 Å². The topological polar surface area (TPSA) is 67.1 Å². The van der Waals surface area contributed by atoms with E-state index in [1.54, 1.807) is 19.6 Å². The second-order valence-corrected chi connectivity index (χ2v) is 5.76. The molecule has 2 N–H and O–H groups in total. The van der Waals surface area contributed by atoms with Crippen molar-refractivity contribution in [2.75, 3.05) is 7.05 Å². The molecule has 2 heterocycles. The monoisotopic (exact) mass is 334 g/mol. The smallest absolute Gasteiger partial charge is 0.191 e. The number of imidazole rings is 1. The Morgan fingerprint density at radius 2 is 1.76 bits per heavy atom. The van der Waals surface area contributed by atoms with Gasteiger partial charge in [-0.15, -0.1) is 0 Å². The maximum atomic E-state index is 4.45. The van der Waals surface area contributed by atoms with Crippen LogP contribution in [0.2, 0.25) is 0 Å². The van der Waals surface area contributed by atoms with Gasteiger partial charge in [0.25, 0.3) is 0 Å². The Kier molecular flexibility index (Phi) is 5.41. The fraction of sp³-hybridized carbons (Fsp3) is 0.211. The first-order valence-corrected chi connectivity index (χ1v) is 8.18. The summed E-state index contributed by atoms with van der Waals surface area (Å²) in [6.07, 6.45) is 7.20. The van der Waals surface area contributed by atoms with E-state index >= 15 is 0 Å². The molecule has 1 aromatic carbocycles. The summed E-state index contributed by atoms with van der Waals surface area (Å²) in [7, 11) is 1.77. The average molecular weight is 334 g/mol. The number of aryl methyl sites for hydroxylation is 1. The van der Waals surface area contributed by atoms with Crippen LogP contribution in [0.1, 0.15) is 16.7 Å². The number of aromatic nitrogens is 3. The Bertz CT molecular complexity index is 804. The molecule has 0 fully saturated rings. The lowest BCUT2D eigenvalue weighted by molar-refractivity contribution is 0.805. The van der Waals surface area contributed by atoms with E-state index in [-0.39, 0.29) is 0 Å². The lowest BCUT2D eigenvalue weighted by Gasteiger charge is -2.12. The third kappa shape index (κ3) is 4.67. The van der Waals surface area contributed by atoms with Gasteiger partial charge in [-0.2, -0.15) is 0 Å². The lowest BCUT2D eigenvalue weighted by Crippen LogP contribution is -2.36. The zero-order valence-electron chi connectivity index (χ0n) is 14.5. The van der Waals surface area contributed by atoms with Gasteiger partial charge in [-0.1, -0.05) is 35.9 Å². The molecule has 0 aliphatic heterocycles. The third-order valence-electron chi connectivity index (χ3n) is 3.84. The van der Waals surface area contributed by atoms with E-state index in [1.807, 2.05) is 29.1 Å². The Labute approximate surface area is 147 Å². The van der Waals surface area contributed by atoms with Crippen molar-refractivity contribution >= 4 is 5.96 Å². The summed E-state index contributed by atoms with van der Waals surface area (Å²) >= 11 is 0. The van der Waals surface area contributed by atoms with Gasteiger partial charge in [0.2, 0.25) is 0 Å². The summed E-state index contributed by atoms with van der Waals surface area (Å²) < 4.78 is 1.87. The third-order valence-corrected chi connectivity index (χ3v) is 3.84. The lowest BCUT2D eigenvalue weighted by atomic mass is 10.1. The molecule has 0 spiro atoms. The zero-order chi connectivity index (χ0) is 17.5. The van der Waals surface area contributed by atoms with Crippen LogP contribution in [-0.4, -0.2) is 27.5 Å². The minimum Gasteiger partial charge on any atom is -0.352 e. The summed E-state index contributed by atoms with van der Waals surface area (Å²) in [5.74, 6) is 1.61. The molecule has 6 nitrogen and oxygen atoms in total. The molecule has 2 aromatic heterocycles. The first-order chi connectivity index (χ1) is 12.2. The minimum atomic E-state index is 0.658. The highest BCUT2D eigenvalue weighted by Crippen LogP contribution is 2.05. The molecule has 0 saturated heterocycles. The average Bonchev–Trinajstić information content (AvgIpc) is 3.18. The molecule has 128 valence electrons. The fourth-order valence-electron chi connectivity index (χ4n) is 2.37. The van der Waals surface area contributed by atoms with E-state index in [2.05, 4.69) is 56.8 Å². The molecular formula is C19H22N6. The molecule has 0 saturated carbocycles.